The van der Waals surface area contributed by atoms with Crippen molar-refractivity contribution in [2.75, 3.05) is 18.6 Å². The van der Waals surface area contributed by atoms with Crippen LogP contribution < -0.4 is 10.5 Å². The summed E-state index contributed by atoms with van der Waals surface area (Å²) in [5.74, 6) is 1.75. The summed E-state index contributed by atoms with van der Waals surface area (Å²) >= 11 is 1.82. The van der Waals surface area contributed by atoms with Gasteiger partial charge in [-0.05, 0) is 48.8 Å². The van der Waals surface area contributed by atoms with Crippen LogP contribution in [0, 0.1) is 6.92 Å². The van der Waals surface area contributed by atoms with Crippen molar-refractivity contribution >= 4 is 22.5 Å². The van der Waals surface area contributed by atoms with Crippen LogP contribution in [0.2, 0.25) is 0 Å². The maximum absolute atomic E-state index is 6.20. The molecule has 0 aliphatic heterocycles. The number of nitrogens with two attached hydrogens (primary N) is 1. The molecule has 2 N–H and O–H groups in total. The molecule has 0 aliphatic carbocycles. The van der Waals surface area contributed by atoms with Crippen LogP contribution >= 0.6 is 11.8 Å². The molecule has 0 fully saturated rings. The molecule has 0 aromatic carbocycles. The van der Waals surface area contributed by atoms with Crippen molar-refractivity contribution in [3.63, 3.8) is 0 Å². The molecule has 2 aromatic rings. The second-order valence-electron chi connectivity index (χ2n) is 5.10. The summed E-state index contributed by atoms with van der Waals surface area (Å²) in [6, 6.07) is 2.06. The van der Waals surface area contributed by atoms with Gasteiger partial charge in [-0.2, -0.15) is 11.8 Å². The number of aromatic nitrogens is 2. The van der Waals surface area contributed by atoms with Crippen molar-refractivity contribution in [1.29, 1.82) is 0 Å². The van der Waals surface area contributed by atoms with E-state index in [4.69, 9.17) is 10.5 Å². The summed E-state index contributed by atoms with van der Waals surface area (Å²) in [5.41, 5.74) is 8.24. The first-order valence-electron chi connectivity index (χ1n) is 7.30. The molecule has 0 spiro atoms. The molecular weight excluding hydrogens is 282 g/mol. The van der Waals surface area contributed by atoms with E-state index in [0.29, 0.717) is 12.5 Å². The van der Waals surface area contributed by atoms with Gasteiger partial charge >= 0.3 is 0 Å². The summed E-state index contributed by atoms with van der Waals surface area (Å²) in [6.45, 7) is 4.74. The molecular formula is C16H23N3OS. The second kappa shape index (κ2) is 7.61. The highest BCUT2D eigenvalue weighted by molar-refractivity contribution is 7.98. The van der Waals surface area contributed by atoms with E-state index >= 15 is 0 Å². The molecule has 4 nitrogen and oxygen atoms in total. The lowest BCUT2D eigenvalue weighted by molar-refractivity contribution is 0.310. The molecule has 0 bridgehead atoms. The number of nitrogens with zero attached hydrogens (tertiary/aromatic N) is 2. The fraction of sp³-hybridized carbons (Fsp3) is 0.500. The Balaban J connectivity index is 2.35. The molecule has 0 saturated heterocycles. The molecule has 2 heterocycles. The van der Waals surface area contributed by atoms with Crippen LogP contribution in [-0.2, 0) is 0 Å². The molecule has 0 radical (unpaired) electrons. The fourth-order valence-corrected chi connectivity index (χ4v) is 2.65. The van der Waals surface area contributed by atoms with Gasteiger partial charge in [-0.1, -0.05) is 6.92 Å². The van der Waals surface area contributed by atoms with Crippen molar-refractivity contribution in [2.45, 2.75) is 32.7 Å². The quantitative estimate of drug-likeness (QED) is 0.794. The Morgan fingerprint density at radius 2 is 2.10 bits per heavy atom. The van der Waals surface area contributed by atoms with Crippen LogP contribution in [0.1, 0.15) is 37.1 Å². The van der Waals surface area contributed by atoms with E-state index in [2.05, 4.69) is 29.2 Å². The van der Waals surface area contributed by atoms with Gasteiger partial charge < -0.3 is 10.5 Å². The molecule has 0 aliphatic rings. The zero-order valence-electron chi connectivity index (χ0n) is 12.9. The van der Waals surface area contributed by atoms with Crippen molar-refractivity contribution in [3.05, 3.63) is 29.7 Å². The highest BCUT2D eigenvalue weighted by Crippen LogP contribution is 2.30. The highest BCUT2D eigenvalue weighted by atomic mass is 32.2. The van der Waals surface area contributed by atoms with Crippen LogP contribution in [-0.4, -0.2) is 28.6 Å². The van der Waals surface area contributed by atoms with Crippen LogP contribution in [0.15, 0.2) is 18.5 Å². The van der Waals surface area contributed by atoms with Crippen molar-refractivity contribution < 1.29 is 4.74 Å². The molecule has 1 atom stereocenters. The average molecular weight is 305 g/mol. The standard InChI is InChI=1S/C16H23N3OS/c1-4-15(17)13-9-19-16(20-6-5-7-21-3)14-10-18-11(2)8-12(13)14/h8-10,15H,4-7,17H2,1-3H3. The van der Waals surface area contributed by atoms with Gasteiger partial charge in [0.1, 0.15) is 0 Å². The average Bonchev–Trinajstić information content (AvgIpc) is 2.50. The Hall–Kier alpha value is -1.33. The minimum Gasteiger partial charge on any atom is -0.477 e. The number of ether oxygens (including phenoxy) is 1. The van der Waals surface area contributed by atoms with Crippen LogP contribution in [0.5, 0.6) is 5.88 Å². The predicted octanol–water partition coefficient (Wildman–Crippen LogP) is 3.48. The van der Waals surface area contributed by atoms with Gasteiger partial charge in [-0.25, -0.2) is 4.98 Å². The Kier molecular flexibility index (Phi) is 5.82. The summed E-state index contributed by atoms with van der Waals surface area (Å²) in [4.78, 5) is 8.83. The van der Waals surface area contributed by atoms with Crippen molar-refractivity contribution in [3.8, 4) is 5.88 Å². The first-order chi connectivity index (χ1) is 10.2. The lowest BCUT2D eigenvalue weighted by Gasteiger charge is -2.15. The van der Waals surface area contributed by atoms with Gasteiger partial charge in [0.2, 0.25) is 5.88 Å². The molecule has 2 aromatic heterocycles. The highest BCUT2D eigenvalue weighted by Gasteiger charge is 2.13. The third kappa shape index (κ3) is 3.86. The normalized spacial score (nSPS) is 12.6. The van der Waals surface area contributed by atoms with Gasteiger partial charge in [-0.3, -0.25) is 4.98 Å². The monoisotopic (exact) mass is 305 g/mol. The number of thioether (sulfide) groups is 1. The summed E-state index contributed by atoms with van der Waals surface area (Å²) in [6.07, 6.45) is 7.68. The van der Waals surface area contributed by atoms with E-state index < -0.39 is 0 Å². The van der Waals surface area contributed by atoms with Gasteiger partial charge in [0.25, 0.3) is 0 Å². The third-order valence-corrected chi connectivity index (χ3v) is 4.17. The minimum absolute atomic E-state index is 0.00709. The van der Waals surface area contributed by atoms with E-state index in [1.54, 1.807) is 0 Å². The fourth-order valence-electron chi connectivity index (χ4n) is 2.24. The van der Waals surface area contributed by atoms with Crippen molar-refractivity contribution in [2.24, 2.45) is 5.73 Å². The summed E-state index contributed by atoms with van der Waals surface area (Å²) in [7, 11) is 0. The molecule has 0 saturated carbocycles. The van der Waals surface area contributed by atoms with Crippen LogP contribution in [0.3, 0.4) is 0 Å². The van der Waals surface area contributed by atoms with Crippen LogP contribution in [0.25, 0.3) is 10.8 Å². The zero-order chi connectivity index (χ0) is 15.2. The maximum Gasteiger partial charge on any atom is 0.222 e. The molecule has 0 amide bonds. The first kappa shape index (κ1) is 16.0. The van der Waals surface area contributed by atoms with Crippen molar-refractivity contribution in [1.82, 2.24) is 9.97 Å². The smallest absolute Gasteiger partial charge is 0.222 e. The lowest BCUT2D eigenvalue weighted by atomic mass is 10.0. The molecule has 1 unspecified atom stereocenters. The van der Waals surface area contributed by atoms with Gasteiger partial charge in [0.15, 0.2) is 0 Å². The minimum atomic E-state index is -0.00709. The number of hydrogen-bond acceptors (Lipinski definition) is 5. The zero-order valence-corrected chi connectivity index (χ0v) is 13.7. The Morgan fingerprint density at radius 3 is 2.81 bits per heavy atom. The van der Waals surface area contributed by atoms with E-state index in [9.17, 15) is 0 Å². The summed E-state index contributed by atoms with van der Waals surface area (Å²) in [5, 5.41) is 2.05. The Bertz CT molecular complexity index is 603. The predicted molar refractivity (Wildman–Crippen MR) is 90.0 cm³/mol. The molecule has 21 heavy (non-hydrogen) atoms. The number of rotatable bonds is 7. The summed E-state index contributed by atoms with van der Waals surface area (Å²) < 4.78 is 5.82. The first-order valence-corrected chi connectivity index (χ1v) is 8.69. The van der Waals surface area contributed by atoms with E-state index in [0.717, 1.165) is 40.6 Å². The van der Waals surface area contributed by atoms with Crippen LogP contribution in [0.4, 0.5) is 0 Å². The lowest BCUT2D eigenvalue weighted by Crippen LogP contribution is -2.11. The number of hydrogen-bond donors (Lipinski definition) is 1. The number of fused-ring (bicyclic) bond motifs is 1. The van der Waals surface area contributed by atoms with Gasteiger partial charge in [-0.15, -0.1) is 0 Å². The van der Waals surface area contributed by atoms with Gasteiger partial charge in [0, 0.05) is 24.1 Å². The molecule has 5 heteroatoms. The Labute approximate surface area is 130 Å². The van der Waals surface area contributed by atoms with E-state index in [1.165, 1.54) is 0 Å². The largest absolute Gasteiger partial charge is 0.477 e. The van der Waals surface area contributed by atoms with E-state index in [1.807, 2.05) is 31.1 Å². The molecule has 114 valence electrons. The molecule has 2 rings (SSSR count). The second-order valence-corrected chi connectivity index (χ2v) is 6.09. The van der Waals surface area contributed by atoms with E-state index in [-0.39, 0.29) is 6.04 Å². The van der Waals surface area contributed by atoms with Gasteiger partial charge in [0.05, 0.1) is 12.0 Å². The topological polar surface area (TPSA) is 61.0 Å². The maximum atomic E-state index is 6.20. The Morgan fingerprint density at radius 1 is 1.29 bits per heavy atom. The third-order valence-electron chi connectivity index (χ3n) is 3.47. The number of pyridine rings is 2. The number of aryl methyl sites for hydroxylation is 1. The SMILES string of the molecule is CCC(N)c1cnc(OCCCSC)c2cnc(C)cc12.